The van der Waals surface area contributed by atoms with Crippen LogP contribution in [0.2, 0.25) is 0 Å². The van der Waals surface area contributed by atoms with E-state index in [9.17, 15) is 9.59 Å². The predicted octanol–water partition coefficient (Wildman–Crippen LogP) is 1.39. The van der Waals surface area contributed by atoms with Crippen LogP contribution >= 0.6 is 0 Å². The summed E-state index contributed by atoms with van der Waals surface area (Å²) in [5.41, 5.74) is 1.18. The normalized spacial score (nSPS) is 10.3. The van der Waals surface area contributed by atoms with Crippen LogP contribution in [0.25, 0.3) is 0 Å². The van der Waals surface area contributed by atoms with E-state index in [1.807, 2.05) is 42.9 Å². The molecule has 1 amide bonds. The highest BCUT2D eigenvalue weighted by Crippen LogP contribution is 1.99. The molecule has 0 aliphatic rings. The summed E-state index contributed by atoms with van der Waals surface area (Å²) in [5, 5.41) is 8.70. The molecule has 1 heterocycles. The van der Waals surface area contributed by atoms with E-state index < -0.39 is 5.97 Å². The second-order valence-electron chi connectivity index (χ2n) is 4.89. The lowest BCUT2D eigenvalue weighted by molar-refractivity contribution is -0.696. The van der Waals surface area contributed by atoms with Crippen LogP contribution < -0.4 is 4.57 Å². The Bertz CT molecular complexity index is 443. The van der Waals surface area contributed by atoms with Gasteiger partial charge in [-0.15, -0.1) is 0 Å². The number of hydrogen-bond acceptors (Lipinski definition) is 2. The highest BCUT2D eigenvalue weighted by atomic mass is 16.4. The lowest BCUT2D eigenvalue weighted by atomic mass is 10.2. The Morgan fingerprint density at radius 1 is 1.20 bits per heavy atom. The lowest BCUT2D eigenvalue weighted by Gasteiger charge is -2.20. The third-order valence-corrected chi connectivity index (χ3v) is 3.08. The number of hydrogen-bond donors (Lipinski definition) is 1. The fourth-order valence-electron chi connectivity index (χ4n) is 1.93. The minimum absolute atomic E-state index is 0.00339. The van der Waals surface area contributed by atoms with Gasteiger partial charge in [-0.2, -0.15) is 0 Å². The number of carboxylic acids is 1. The second-order valence-corrected chi connectivity index (χ2v) is 4.89. The molecular formula is C15H23N2O3+. The van der Waals surface area contributed by atoms with Gasteiger partial charge in [0, 0.05) is 25.2 Å². The van der Waals surface area contributed by atoms with Crippen molar-refractivity contribution in [1.29, 1.82) is 0 Å². The van der Waals surface area contributed by atoms with Crippen molar-refractivity contribution in [2.75, 3.05) is 13.1 Å². The number of carbonyl (C=O) groups excluding carboxylic acids is 1. The molecule has 1 aromatic rings. The maximum absolute atomic E-state index is 12.1. The molecule has 5 heteroatoms. The number of pyridine rings is 1. The minimum Gasteiger partial charge on any atom is -0.481 e. The number of amides is 1. The molecule has 0 aliphatic carbocycles. The first-order valence-electron chi connectivity index (χ1n) is 6.98. The van der Waals surface area contributed by atoms with Gasteiger partial charge in [0.25, 0.3) is 0 Å². The van der Waals surface area contributed by atoms with Gasteiger partial charge in [0.05, 0.1) is 12.8 Å². The number of aliphatic carboxylic acids is 1. The Labute approximate surface area is 119 Å². The number of carbonyl (C=O) groups is 2. The summed E-state index contributed by atoms with van der Waals surface area (Å²) >= 11 is 0. The number of nitrogens with zero attached hydrogens (tertiary/aromatic N) is 2. The Morgan fingerprint density at radius 3 is 2.40 bits per heavy atom. The Morgan fingerprint density at radius 2 is 1.85 bits per heavy atom. The fraction of sp³-hybridized carbons (Fsp3) is 0.533. The summed E-state index contributed by atoms with van der Waals surface area (Å²) in [6.07, 6.45) is 5.13. The zero-order valence-electron chi connectivity index (χ0n) is 12.2. The van der Waals surface area contributed by atoms with Crippen LogP contribution in [0.15, 0.2) is 24.5 Å². The zero-order chi connectivity index (χ0) is 15.0. The Kier molecular flexibility index (Phi) is 6.70. The third kappa shape index (κ3) is 5.82. The number of rotatable bonds is 8. The highest BCUT2D eigenvalue weighted by Gasteiger charge is 2.15. The zero-order valence-corrected chi connectivity index (χ0v) is 12.2. The van der Waals surface area contributed by atoms with Gasteiger partial charge >= 0.3 is 5.97 Å². The Hall–Kier alpha value is -1.91. The molecule has 0 aromatic carbocycles. The molecule has 0 bridgehead atoms. The molecule has 0 fully saturated rings. The van der Waals surface area contributed by atoms with Gasteiger partial charge in [-0.05, 0) is 18.9 Å². The number of carboxylic acid groups (broad SMARTS) is 1. The van der Waals surface area contributed by atoms with Crippen molar-refractivity contribution in [3.63, 3.8) is 0 Å². The lowest BCUT2D eigenvalue weighted by Crippen LogP contribution is -2.39. The van der Waals surface area contributed by atoms with Gasteiger partial charge in [0.15, 0.2) is 18.9 Å². The monoisotopic (exact) mass is 279 g/mol. The van der Waals surface area contributed by atoms with E-state index in [4.69, 9.17) is 5.11 Å². The molecule has 0 aliphatic heterocycles. The first-order chi connectivity index (χ1) is 9.52. The molecule has 20 heavy (non-hydrogen) atoms. The largest absolute Gasteiger partial charge is 0.481 e. The van der Waals surface area contributed by atoms with E-state index in [2.05, 4.69) is 0 Å². The maximum atomic E-state index is 12.1. The van der Waals surface area contributed by atoms with Gasteiger partial charge in [-0.1, -0.05) is 6.92 Å². The maximum Gasteiger partial charge on any atom is 0.305 e. The summed E-state index contributed by atoms with van der Waals surface area (Å²) in [6.45, 7) is 5.53. The van der Waals surface area contributed by atoms with Crippen molar-refractivity contribution in [1.82, 2.24) is 4.90 Å². The van der Waals surface area contributed by atoms with E-state index in [1.54, 1.807) is 4.90 Å². The molecule has 0 radical (unpaired) electrons. The van der Waals surface area contributed by atoms with Crippen molar-refractivity contribution < 1.29 is 19.3 Å². The van der Waals surface area contributed by atoms with E-state index in [1.165, 1.54) is 5.56 Å². The van der Waals surface area contributed by atoms with Crippen molar-refractivity contribution >= 4 is 11.9 Å². The van der Waals surface area contributed by atoms with Crippen molar-refractivity contribution in [2.45, 2.75) is 39.7 Å². The predicted molar refractivity (Wildman–Crippen MR) is 75.1 cm³/mol. The van der Waals surface area contributed by atoms with E-state index in [0.29, 0.717) is 26.1 Å². The summed E-state index contributed by atoms with van der Waals surface area (Å²) < 4.78 is 1.96. The topological polar surface area (TPSA) is 61.5 Å². The van der Waals surface area contributed by atoms with Gasteiger partial charge in [-0.3, -0.25) is 9.59 Å². The average Bonchev–Trinajstić information content (AvgIpc) is 2.42. The van der Waals surface area contributed by atoms with Gasteiger partial charge in [0.1, 0.15) is 0 Å². The van der Waals surface area contributed by atoms with Crippen molar-refractivity contribution in [2.24, 2.45) is 0 Å². The minimum atomic E-state index is -0.869. The van der Waals surface area contributed by atoms with Crippen LogP contribution in [0.3, 0.4) is 0 Å². The van der Waals surface area contributed by atoms with Crippen LogP contribution in [0.1, 0.15) is 31.7 Å². The van der Waals surface area contributed by atoms with E-state index >= 15 is 0 Å². The molecular weight excluding hydrogens is 256 g/mol. The van der Waals surface area contributed by atoms with Gasteiger partial charge < -0.3 is 10.0 Å². The molecule has 0 saturated carbocycles. The smallest absolute Gasteiger partial charge is 0.305 e. The molecule has 1 N–H and O–H groups in total. The summed E-state index contributed by atoms with van der Waals surface area (Å²) in [5.74, 6) is -0.854. The molecule has 0 spiro atoms. The standard InChI is InChI=1S/C15H22N2O3/c1-3-8-17(12-7-15(19)20)14(18)6-11-16-9-4-13(2)5-10-16/h4-5,9-10H,3,6-8,11-12H2,1-2H3/p+1. The van der Waals surface area contributed by atoms with Crippen molar-refractivity contribution in [3.05, 3.63) is 30.1 Å². The van der Waals surface area contributed by atoms with Crippen LogP contribution in [0.5, 0.6) is 0 Å². The molecule has 1 rings (SSSR count). The summed E-state index contributed by atoms with van der Waals surface area (Å²) in [7, 11) is 0. The number of aromatic nitrogens is 1. The molecule has 5 nitrogen and oxygen atoms in total. The van der Waals surface area contributed by atoms with E-state index in [0.717, 1.165) is 6.42 Å². The first-order valence-corrected chi connectivity index (χ1v) is 6.98. The third-order valence-electron chi connectivity index (χ3n) is 3.08. The summed E-state index contributed by atoms with van der Waals surface area (Å²) in [4.78, 5) is 24.3. The average molecular weight is 279 g/mol. The molecule has 1 aromatic heterocycles. The first kappa shape index (κ1) is 16.1. The summed E-state index contributed by atoms with van der Waals surface area (Å²) in [6, 6.07) is 4.00. The van der Waals surface area contributed by atoms with E-state index in [-0.39, 0.29) is 12.3 Å². The SMILES string of the molecule is CCCN(CCC(=O)O)C(=O)CC[n+]1ccc(C)cc1. The van der Waals surface area contributed by atoms with Crippen LogP contribution in [-0.2, 0) is 16.1 Å². The fourth-order valence-corrected chi connectivity index (χ4v) is 1.93. The van der Waals surface area contributed by atoms with Crippen LogP contribution in [0.4, 0.5) is 0 Å². The quantitative estimate of drug-likeness (QED) is 0.731. The molecule has 0 atom stereocenters. The van der Waals surface area contributed by atoms with Gasteiger partial charge in [0.2, 0.25) is 5.91 Å². The molecule has 110 valence electrons. The van der Waals surface area contributed by atoms with Crippen LogP contribution in [-0.4, -0.2) is 35.0 Å². The molecule has 0 saturated heterocycles. The second kappa shape index (κ2) is 8.30. The van der Waals surface area contributed by atoms with Crippen LogP contribution in [0, 0.1) is 6.92 Å². The molecule has 0 unspecified atom stereocenters. The van der Waals surface area contributed by atoms with Gasteiger partial charge in [-0.25, -0.2) is 4.57 Å². The Balaban J connectivity index is 2.48. The highest BCUT2D eigenvalue weighted by molar-refractivity contribution is 5.76. The van der Waals surface area contributed by atoms with Crippen molar-refractivity contribution in [3.8, 4) is 0 Å². The number of aryl methyl sites for hydroxylation is 2.